The number of benzene rings is 15. The molecule has 0 spiro atoms. The smallest absolute Gasteiger partial charge is 0.252 e. The van der Waals surface area contributed by atoms with Crippen molar-refractivity contribution in [2.75, 3.05) is 9.80 Å². The van der Waals surface area contributed by atoms with E-state index in [4.69, 9.17) is 8.83 Å². The number of furan rings is 2. The van der Waals surface area contributed by atoms with Crippen molar-refractivity contribution in [1.82, 2.24) is 13.7 Å². The second-order valence-electron chi connectivity index (χ2n) is 35.5. The predicted molar refractivity (Wildman–Crippen MR) is 484 cm³/mol. The molecule has 7 nitrogen and oxygen atoms in total. The summed E-state index contributed by atoms with van der Waals surface area (Å²) in [4.78, 5) is 4.79. The normalized spacial score (nSPS) is 14.4. The van der Waals surface area contributed by atoms with Crippen LogP contribution in [0.4, 0.5) is 34.1 Å². The van der Waals surface area contributed by atoms with Gasteiger partial charge in [0.05, 0.1) is 71.9 Å². The van der Waals surface area contributed by atoms with E-state index in [1.54, 1.807) is 4.57 Å². The Kier molecular flexibility index (Phi) is 12.7. The molecule has 8 heteroatoms. The molecule has 0 saturated heterocycles. The van der Waals surface area contributed by atoms with Gasteiger partial charge in [-0.25, -0.2) is 0 Å². The van der Waals surface area contributed by atoms with Gasteiger partial charge in [-0.05, 0) is 216 Å². The van der Waals surface area contributed by atoms with E-state index in [1.807, 2.05) is 36.4 Å². The number of rotatable bonds is 7. The van der Waals surface area contributed by atoms with Crippen molar-refractivity contribution < 1.29 is 19.8 Å². The van der Waals surface area contributed by atoms with E-state index in [9.17, 15) is 11.0 Å². The summed E-state index contributed by atoms with van der Waals surface area (Å²) < 4.78 is 99.4. The van der Waals surface area contributed by atoms with E-state index in [0.717, 1.165) is 138 Å². The summed E-state index contributed by atoms with van der Waals surface area (Å²) in [5, 5.41) is 7.92. The van der Waals surface area contributed by atoms with Gasteiger partial charge in [0, 0.05) is 77.2 Å². The first-order valence-corrected chi connectivity index (χ1v) is 39.7. The summed E-state index contributed by atoms with van der Waals surface area (Å²) in [7, 11) is 0. The second-order valence-corrected chi connectivity index (χ2v) is 35.5. The molecule has 0 amide bonds. The van der Waals surface area contributed by atoms with E-state index in [0.29, 0.717) is 39.4 Å². The molecule has 0 aliphatic carbocycles. The van der Waals surface area contributed by atoms with Gasteiger partial charge in [0.2, 0.25) is 0 Å². The highest BCUT2D eigenvalue weighted by Crippen LogP contribution is 2.54. The quantitative estimate of drug-likeness (QED) is 0.149. The number of aromatic nitrogens is 3. The summed E-state index contributed by atoms with van der Waals surface area (Å²) in [5.41, 5.74) is 24.3. The van der Waals surface area contributed by atoms with Gasteiger partial charge >= 0.3 is 0 Å². The van der Waals surface area contributed by atoms with Crippen molar-refractivity contribution in [2.24, 2.45) is 0 Å². The van der Waals surface area contributed by atoms with Gasteiger partial charge in [-0.3, -0.25) is 0 Å². The van der Waals surface area contributed by atoms with Gasteiger partial charge in [-0.15, -0.1) is 0 Å². The Hall–Kier alpha value is -13.0. The summed E-state index contributed by atoms with van der Waals surface area (Å²) in [6.07, 6.45) is 0. The van der Waals surface area contributed by atoms with Gasteiger partial charge in [0.1, 0.15) is 22.3 Å². The third kappa shape index (κ3) is 10.2. The van der Waals surface area contributed by atoms with E-state index < -0.39 is 55.1 Å². The van der Waals surface area contributed by atoms with E-state index >= 15 is 0 Å². The van der Waals surface area contributed by atoms with Crippen LogP contribution in [0, 0.1) is 0 Å². The maximum absolute atomic E-state index is 10.3. The maximum Gasteiger partial charge on any atom is 0.252 e. The fourth-order valence-corrected chi connectivity index (χ4v) is 18.6. The molecule has 0 saturated carbocycles. The molecule has 0 radical (unpaired) electrons. The number of fused-ring (bicyclic) bond motifs is 19. The van der Waals surface area contributed by atoms with Crippen LogP contribution < -0.4 is 26.2 Å². The Morgan fingerprint density at radius 1 is 0.263 bits per heavy atom. The lowest BCUT2D eigenvalue weighted by atomic mass is 9.33. The van der Waals surface area contributed by atoms with E-state index in [-0.39, 0.29) is 43.5 Å². The largest absolute Gasteiger partial charge is 0.456 e. The number of para-hydroxylation sites is 4. The summed E-state index contributed by atoms with van der Waals surface area (Å²) in [6.45, 7) is 26.7. The van der Waals surface area contributed by atoms with Crippen molar-refractivity contribution in [2.45, 2.75) is 105 Å². The SMILES string of the molecule is [2H]c1c([2H])c([2H])c2c(c1[2H])c1c([2H])c([2H])c([2H])c([2H])c1n2-c1cc2c3c(c1)N(c1cc(-c4ccccc4)cc4oc5ccccc5c14)c1cc(-n4c5ccc(C(C)(C)C)cc5c5cc(C(C)(C)C)ccc54)ccc1B3c1ccc(-n3c4ccc(C(C)(C)C)cc4c4cc(C(C)(C)C)ccc43)cc1N2c1cc(-c2ccccc2)cc2oc3ccccc3c12. The molecule has 114 heavy (non-hydrogen) atoms. The molecule has 0 bridgehead atoms. The maximum atomic E-state index is 10.3. The Labute approximate surface area is 675 Å². The second kappa shape index (κ2) is 24.2. The van der Waals surface area contributed by atoms with Gasteiger partial charge < -0.3 is 32.3 Å². The summed E-state index contributed by atoms with van der Waals surface area (Å²) >= 11 is 0. The van der Waals surface area contributed by atoms with Crippen LogP contribution in [0.25, 0.3) is 149 Å². The average molecular weight is 1480 g/mol. The molecule has 550 valence electrons. The first kappa shape index (κ1) is 59.7. The zero-order valence-corrected chi connectivity index (χ0v) is 65.9. The van der Waals surface area contributed by atoms with Crippen molar-refractivity contribution in [3.8, 4) is 39.3 Å². The van der Waals surface area contributed by atoms with Crippen LogP contribution in [0.2, 0.25) is 0 Å². The van der Waals surface area contributed by atoms with Crippen LogP contribution in [0.3, 0.4) is 0 Å². The molecule has 0 atom stereocenters. The van der Waals surface area contributed by atoms with Crippen molar-refractivity contribution >= 4 is 167 Å². The molecule has 7 heterocycles. The Balaban J connectivity index is 0.955. The number of nitrogens with zero attached hydrogens (tertiary/aromatic N) is 5. The first-order valence-electron chi connectivity index (χ1n) is 43.7. The third-order valence-corrected chi connectivity index (χ3v) is 24.4. The Morgan fingerprint density at radius 2 is 0.605 bits per heavy atom. The van der Waals surface area contributed by atoms with Gasteiger partial charge in [0.15, 0.2) is 0 Å². The summed E-state index contributed by atoms with van der Waals surface area (Å²) in [5.74, 6) is 0. The Bertz CT molecular complexity index is 7400. The van der Waals surface area contributed by atoms with Crippen LogP contribution in [-0.4, -0.2) is 20.4 Å². The molecule has 20 aromatic rings. The van der Waals surface area contributed by atoms with Crippen LogP contribution in [0.5, 0.6) is 0 Å². The first-order chi connectivity index (χ1) is 58.4. The lowest BCUT2D eigenvalue weighted by Gasteiger charge is -2.45. The molecule has 2 aliphatic heterocycles. The molecular formula is C106H86BN5O2. The molecule has 0 unspecified atom stereocenters. The highest BCUT2D eigenvalue weighted by atomic mass is 16.3. The topological polar surface area (TPSA) is 47.6 Å². The molecular weight excluding hydrogens is 1390 g/mol. The van der Waals surface area contributed by atoms with Crippen LogP contribution >= 0.6 is 0 Å². The number of hydrogen-bond donors (Lipinski definition) is 0. The minimum atomic E-state index is -0.589. The van der Waals surface area contributed by atoms with Gasteiger partial charge in [0.25, 0.3) is 6.71 Å². The lowest BCUT2D eigenvalue weighted by Crippen LogP contribution is -2.61. The molecule has 2 aliphatic rings. The highest BCUT2D eigenvalue weighted by Gasteiger charge is 2.46. The van der Waals surface area contributed by atoms with Gasteiger partial charge in [-0.2, -0.15) is 0 Å². The van der Waals surface area contributed by atoms with Gasteiger partial charge in [-0.1, -0.05) is 253 Å². The molecule has 0 fully saturated rings. The van der Waals surface area contributed by atoms with Crippen LogP contribution in [0.15, 0.2) is 312 Å². The standard InChI is InChI=1S/C106H86BN5O2/c1-103(2,3)67-39-47-86-78(55-67)79-56-68(104(4,5)6)40-48-87(79)108(86)71-43-45-82-90(59-71)111(92-51-65(63-27-15-13-16-28-63)53-98-100(92)76-33-21-25-37-96(76)113-98)94-61-73(110-84-35-23-19-31-74(84)75-32-20-24-36-85(75)110)62-95-102(94)107(82)83-46-44-72(109-88-49-41-69(105(7,8)9)57-80(88)81-58-70(106(10,11)12)42-50-89(81)109)60-91(83)112(95)93-52-66(64-29-17-14-18-30-64)54-99-101(93)77-34-22-26-38-97(77)114-99/h13-62H,1-12H3/i19D,20D,23D,24D,31D,32D,35D,36D. The monoisotopic (exact) mass is 1480 g/mol. The minimum absolute atomic E-state index is 0.00780. The molecule has 15 aromatic carbocycles. The Morgan fingerprint density at radius 3 is 0.982 bits per heavy atom. The molecule has 5 aromatic heterocycles. The van der Waals surface area contributed by atoms with Crippen molar-refractivity contribution in [3.63, 3.8) is 0 Å². The zero-order chi connectivity index (χ0) is 84.3. The molecule has 22 rings (SSSR count). The fourth-order valence-electron chi connectivity index (χ4n) is 18.6. The fraction of sp³-hybridized carbons (Fsp3) is 0.151. The van der Waals surface area contributed by atoms with E-state index in [2.05, 4.69) is 320 Å². The average Bonchev–Trinajstić information content (AvgIpc) is 0.691. The van der Waals surface area contributed by atoms with E-state index in [1.165, 1.54) is 22.3 Å². The summed E-state index contributed by atoms with van der Waals surface area (Å²) in [6, 6.07) is 88.2. The zero-order valence-electron chi connectivity index (χ0n) is 73.9. The predicted octanol–water partition coefficient (Wildman–Crippen LogP) is 27.4. The molecule has 0 N–H and O–H groups in total. The minimum Gasteiger partial charge on any atom is -0.456 e. The number of anilines is 6. The lowest BCUT2D eigenvalue weighted by molar-refractivity contribution is 0.590. The van der Waals surface area contributed by atoms with Crippen molar-refractivity contribution in [3.05, 3.63) is 325 Å². The van der Waals surface area contributed by atoms with Crippen LogP contribution in [0.1, 0.15) is 116 Å². The number of hydrogen-bond acceptors (Lipinski definition) is 4. The third-order valence-electron chi connectivity index (χ3n) is 24.4. The van der Waals surface area contributed by atoms with Crippen LogP contribution in [-0.2, 0) is 21.7 Å². The highest BCUT2D eigenvalue weighted by molar-refractivity contribution is 7.00. The van der Waals surface area contributed by atoms with Crippen molar-refractivity contribution in [1.29, 1.82) is 0 Å².